The van der Waals surface area contributed by atoms with Gasteiger partial charge in [-0.1, -0.05) is 60.7 Å². The molecule has 0 heterocycles. The van der Waals surface area contributed by atoms with E-state index in [1.165, 1.54) is 52.8 Å². The van der Waals surface area contributed by atoms with Crippen molar-refractivity contribution in [2.45, 2.75) is 32.2 Å². The Morgan fingerprint density at radius 3 is 2.22 bits per heavy atom. The molecule has 1 atom stereocenters. The predicted molar refractivity (Wildman–Crippen MR) is 114 cm³/mol. The first-order valence-electron chi connectivity index (χ1n) is 9.66. The van der Waals surface area contributed by atoms with Gasteiger partial charge in [0.15, 0.2) is 0 Å². The van der Waals surface area contributed by atoms with Crippen LogP contribution >= 0.6 is 0 Å². The molecule has 1 N–H and O–H groups in total. The zero-order chi connectivity index (χ0) is 18.1. The van der Waals surface area contributed by atoms with E-state index in [9.17, 15) is 0 Å². The summed E-state index contributed by atoms with van der Waals surface area (Å²) in [6.45, 7) is 2.25. The highest BCUT2D eigenvalue weighted by Gasteiger charge is 2.34. The molecule has 2 heteroatoms. The van der Waals surface area contributed by atoms with Gasteiger partial charge in [0.2, 0.25) is 0 Å². The van der Waals surface area contributed by atoms with Gasteiger partial charge in [0.05, 0.1) is 14.1 Å². The van der Waals surface area contributed by atoms with Crippen LogP contribution in [0.4, 0.5) is 5.69 Å². The molecule has 2 nitrogen and oxygen atoms in total. The molecular weight excluding hydrogens is 330 g/mol. The summed E-state index contributed by atoms with van der Waals surface area (Å²) in [4.78, 5) is 0. The van der Waals surface area contributed by atoms with Crippen LogP contribution in [0.25, 0.3) is 11.1 Å². The topological polar surface area (TPSA) is 30.0 Å². The maximum absolute atomic E-state index is 2.36. The van der Waals surface area contributed by atoms with Crippen molar-refractivity contribution in [1.29, 1.82) is 0 Å². The summed E-state index contributed by atoms with van der Waals surface area (Å²) in [6, 6.07) is 27.2. The number of hydrogen-bond acceptors (Lipinski definition) is 1. The third kappa shape index (κ3) is 3.43. The SMILES string of the molecule is Cc1cccc2c1CCCC([N+](C)(C)c1ccccc1)c1ccccc1-2.[OH-]. The van der Waals surface area contributed by atoms with E-state index in [0.717, 1.165) is 4.48 Å². The van der Waals surface area contributed by atoms with Crippen LogP contribution in [0, 0.1) is 6.92 Å². The largest absolute Gasteiger partial charge is 0.870 e. The second-order valence-electron chi connectivity index (χ2n) is 7.97. The Morgan fingerprint density at radius 2 is 1.44 bits per heavy atom. The van der Waals surface area contributed by atoms with Gasteiger partial charge in [-0.2, -0.15) is 0 Å². The van der Waals surface area contributed by atoms with Crippen molar-refractivity contribution in [3.8, 4) is 11.1 Å². The minimum atomic E-state index is 0. The molecule has 0 saturated heterocycles. The van der Waals surface area contributed by atoms with E-state index >= 15 is 0 Å². The van der Waals surface area contributed by atoms with E-state index in [1.807, 2.05) is 0 Å². The number of hydrogen-bond donors (Lipinski definition) is 0. The lowest BCUT2D eigenvalue weighted by Crippen LogP contribution is -2.44. The summed E-state index contributed by atoms with van der Waals surface area (Å²) in [5, 5.41) is 0. The normalized spacial score (nSPS) is 16.3. The Kier molecular flexibility index (Phi) is 5.50. The molecule has 0 bridgehead atoms. The van der Waals surface area contributed by atoms with Crippen molar-refractivity contribution in [2.75, 3.05) is 14.1 Å². The molecule has 1 aliphatic carbocycles. The zero-order valence-corrected chi connectivity index (χ0v) is 16.5. The van der Waals surface area contributed by atoms with Crippen LogP contribution in [-0.2, 0) is 6.42 Å². The lowest BCUT2D eigenvalue weighted by molar-refractivity contribution is 0.276. The standard InChI is InChI=1S/C25H28N.H2O/c1-19-11-9-17-22-21(19)16-10-18-25(24-15-8-7-14-23(22)24)26(2,3)20-12-5-4-6-13-20;/h4-9,11-15,17,25H,10,16,18H2,1-3H3;1H2/q+1;/p-1. The molecule has 140 valence electrons. The minimum Gasteiger partial charge on any atom is -0.870 e. The number of para-hydroxylation sites is 1. The maximum Gasteiger partial charge on any atom is 0.132 e. The molecule has 3 aromatic rings. The lowest BCUT2D eigenvalue weighted by Gasteiger charge is -2.40. The molecule has 3 aromatic carbocycles. The summed E-state index contributed by atoms with van der Waals surface area (Å²) >= 11 is 0. The Hall–Kier alpha value is -2.42. The maximum atomic E-state index is 2.36. The average Bonchev–Trinajstić information content (AvgIpc) is 2.65. The van der Waals surface area contributed by atoms with Gasteiger partial charge >= 0.3 is 0 Å². The molecule has 0 aromatic heterocycles. The highest BCUT2D eigenvalue weighted by molar-refractivity contribution is 5.73. The van der Waals surface area contributed by atoms with Gasteiger partial charge in [-0.05, 0) is 54.2 Å². The number of fused-ring (bicyclic) bond motifs is 3. The van der Waals surface area contributed by atoms with E-state index in [0.29, 0.717) is 6.04 Å². The second-order valence-corrected chi connectivity index (χ2v) is 7.97. The number of aryl methyl sites for hydroxylation is 1. The van der Waals surface area contributed by atoms with Crippen LogP contribution < -0.4 is 4.48 Å². The predicted octanol–water partition coefficient (Wildman–Crippen LogP) is 6.13. The molecule has 1 unspecified atom stereocenters. The van der Waals surface area contributed by atoms with Gasteiger partial charge in [-0.25, -0.2) is 0 Å². The number of nitrogens with zero attached hydrogens (tertiary/aromatic N) is 1. The molecular formula is C25H29NO. The number of quaternary nitrogens is 1. The summed E-state index contributed by atoms with van der Waals surface area (Å²) in [6.07, 6.45) is 3.60. The summed E-state index contributed by atoms with van der Waals surface area (Å²) < 4.78 is 0.888. The molecule has 1 aliphatic rings. The van der Waals surface area contributed by atoms with Crippen LogP contribution in [0.3, 0.4) is 0 Å². The quantitative estimate of drug-likeness (QED) is 0.506. The van der Waals surface area contributed by atoms with E-state index in [1.54, 1.807) is 0 Å². The lowest BCUT2D eigenvalue weighted by atomic mass is 9.82. The van der Waals surface area contributed by atoms with Crippen molar-refractivity contribution < 1.29 is 5.48 Å². The fourth-order valence-corrected chi connectivity index (χ4v) is 4.61. The van der Waals surface area contributed by atoms with Crippen LogP contribution in [0.15, 0.2) is 72.8 Å². The molecule has 0 fully saturated rings. The highest BCUT2D eigenvalue weighted by atomic mass is 16.0. The third-order valence-electron chi connectivity index (χ3n) is 6.13. The molecule has 0 amide bonds. The van der Waals surface area contributed by atoms with Gasteiger partial charge < -0.3 is 5.48 Å². The monoisotopic (exact) mass is 359 g/mol. The molecule has 0 aliphatic heterocycles. The Bertz CT molecular complexity index is 915. The molecule has 4 rings (SSSR count). The van der Waals surface area contributed by atoms with Crippen LogP contribution in [0.1, 0.15) is 35.6 Å². The molecule has 0 saturated carbocycles. The van der Waals surface area contributed by atoms with Crippen LogP contribution in [-0.4, -0.2) is 19.6 Å². The smallest absolute Gasteiger partial charge is 0.132 e. The first-order valence-corrected chi connectivity index (χ1v) is 9.66. The van der Waals surface area contributed by atoms with E-state index in [2.05, 4.69) is 93.8 Å². The van der Waals surface area contributed by atoms with E-state index in [4.69, 9.17) is 0 Å². The number of benzene rings is 3. The van der Waals surface area contributed by atoms with E-state index < -0.39 is 0 Å². The van der Waals surface area contributed by atoms with Crippen molar-refractivity contribution in [3.05, 3.63) is 89.5 Å². The molecule has 27 heavy (non-hydrogen) atoms. The van der Waals surface area contributed by atoms with E-state index in [-0.39, 0.29) is 5.48 Å². The summed E-state index contributed by atoms with van der Waals surface area (Å²) in [5.74, 6) is 0. The van der Waals surface area contributed by atoms with Gasteiger partial charge in [-0.15, -0.1) is 0 Å². The fraction of sp³-hybridized carbons (Fsp3) is 0.280. The van der Waals surface area contributed by atoms with Crippen LogP contribution in [0.5, 0.6) is 0 Å². The van der Waals surface area contributed by atoms with Gasteiger partial charge in [0, 0.05) is 12.0 Å². The average molecular weight is 360 g/mol. The Balaban J connectivity index is 0.00000210. The zero-order valence-electron chi connectivity index (χ0n) is 16.5. The Labute approximate surface area is 163 Å². The molecule has 0 radical (unpaired) electrons. The van der Waals surface area contributed by atoms with Gasteiger partial charge in [-0.3, -0.25) is 4.48 Å². The Morgan fingerprint density at radius 1 is 0.778 bits per heavy atom. The third-order valence-corrected chi connectivity index (χ3v) is 6.13. The highest BCUT2D eigenvalue weighted by Crippen LogP contribution is 2.43. The molecule has 0 spiro atoms. The van der Waals surface area contributed by atoms with Crippen molar-refractivity contribution >= 4 is 5.69 Å². The summed E-state index contributed by atoms with van der Waals surface area (Å²) in [5.41, 5.74) is 8.65. The first kappa shape index (κ1) is 19.3. The van der Waals surface area contributed by atoms with Crippen molar-refractivity contribution in [1.82, 2.24) is 4.48 Å². The second kappa shape index (κ2) is 7.67. The fourth-order valence-electron chi connectivity index (χ4n) is 4.61. The van der Waals surface area contributed by atoms with Gasteiger partial charge in [0.1, 0.15) is 11.7 Å². The minimum absolute atomic E-state index is 0. The van der Waals surface area contributed by atoms with Crippen LogP contribution in [0.2, 0.25) is 0 Å². The number of rotatable bonds is 2. The van der Waals surface area contributed by atoms with Crippen molar-refractivity contribution in [3.63, 3.8) is 0 Å². The van der Waals surface area contributed by atoms with Crippen molar-refractivity contribution in [2.24, 2.45) is 0 Å². The first-order chi connectivity index (χ1) is 12.6. The van der Waals surface area contributed by atoms with Gasteiger partial charge in [0.25, 0.3) is 0 Å². The summed E-state index contributed by atoms with van der Waals surface area (Å²) in [7, 11) is 4.71.